The predicted molar refractivity (Wildman–Crippen MR) is 101 cm³/mol. The van der Waals surface area contributed by atoms with Crippen molar-refractivity contribution in [3.05, 3.63) is 38.8 Å². The van der Waals surface area contributed by atoms with Crippen molar-refractivity contribution < 1.29 is 14.6 Å². The van der Waals surface area contributed by atoms with E-state index in [1.165, 1.54) is 11.3 Å². The molecule has 25 heavy (non-hydrogen) atoms. The molecule has 2 aromatic heterocycles. The summed E-state index contributed by atoms with van der Waals surface area (Å²) >= 11 is 2.18. The lowest BCUT2D eigenvalue weighted by Crippen LogP contribution is -2.32. The van der Waals surface area contributed by atoms with E-state index in [-0.39, 0.29) is 16.9 Å². The Morgan fingerprint density at radius 2 is 2.24 bits per heavy atom. The lowest BCUT2D eigenvalue weighted by Gasteiger charge is -2.29. The number of thioether (sulfide) groups is 1. The Bertz CT molecular complexity index is 927. The van der Waals surface area contributed by atoms with Gasteiger partial charge in [-0.3, -0.25) is 9.36 Å². The van der Waals surface area contributed by atoms with Gasteiger partial charge in [0.15, 0.2) is 0 Å². The smallest absolute Gasteiger partial charge is 0.365 e. The van der Waals surface area contributed by atoms with E-state index in [0.717, 1.165) is 27.8 Å². The van der Waals surface area contributed by atoms with Crippen molar-refractivity contribution in [3.63, 3.8) is 0 Å². The average molecular weight is 380 g/mol. The number of nitrogens with zero attached hydrogens (tertiary/aromatic N) is 2. The molecule has 0 amide bonds. The van der Waals surface area contributed by atoms with Crippen LogP contribution in [-0.4, -0.2) is 25.6 Å². The number of rotatable bonds is 4. The summed E-state index contributed by atoms with van der Waals surface area (Å²) in [6.45, 7) is 10.5. The molecule has 3 rings (SSSR count). The standard InChI is InChI=1S/C17H20N2O4S2/c1-9(2)6-19-12(8-24-16(21)22)18-14-13(15(19)20)10-5-17(3,4)23-7-11(10)25-14/h1,5-8H2,2-4H3,(H,21,22). The van der Waals surface area contributed by atoms with E-state index in [1.54, 1.807) is 4.57 Å². The number of allylic oxidation sites excluding steroid dienone is 1. The highest BCUT2D eigenvalue weighted by molar-refractivity contribution is 8.12. The van der Waals surface area contributed by atoms with Crippen LogP contribution in [0.15, 0.2) is 16.9 Å². The molecule has 3 heterocycles. The first-order valence-corrected chi connectivity index (χ1v) is 9.66. The van der Waals surface area contributed by atoms with Gasteiger partial charge in [0.25, 0.3) is 5.56 Å². The van der Waals surface area contributed by atoms with E-state index in [0.29, 0.717) is 35.6 Å². The van der Waals surface area contributed by atoms with Gasteiger partial charge in [-0.15, -0.1) is 11.3 Å². The molecule has 6 nitrogen and oxygen atoms in total. The van der Waals surface area contributed by atoms with Crippen molar-refractivity contribution in [2.24, 2.45) is 0 Å². The third-order valence-electron chi connectivity index (χ3n) is 4.02. The topological polar surface area (TPSA) is 81.4 Å². The average Bonchev–Trinajstić information content (AvgIpc) is 2.84. The third kappa shape index (κ3) is 3.65. The van der Waals surface area contributed by atoms with Gasteiger partial charge in [0.05, 0.1) is 23.3 Å². The molecular weight excluding hydrogens is 360 g/mol. The molecule has 0 aliphatic carbocycles. The van der Waals surface area contributed by atoms with Gasteiger partial charge in [-0.2, -0.15) is 0 Å². The van der Waals surface area contributed by atoms with Gasteiger partial charge >= 0.3 is 5.30 Å². The Morgan fingerprint density at radius 3 is 2.88 bits per heavy atom. The van der Waals surface area contributed by atoms with Crippen molar-refractivity contribution in [1.82, 2.24) is 9.55 Å². The van der Waals surface area contributed by atoms with Gasteiger partial charge in [0, 0.05) is 17.8 Å². The molecule has 1 aliphatic rings. The molecule has 0 saturated heterocycles. The lowest BCUT2D eigenvalue weighted by atomic mass is 9.94. The van der Waals surface area contributed by atoms with Gasteiger partial charge in [0.1, 0.15) is 10.7 Å². The van der Waals surface area contributed by atoms with Gasteiger partial charge in [-0.25, -0.2) is 9.78 Å². The van der Waals surface area contributed by atoms with Crippen molar-refractivity contribution in [2.45, 2.75) is 51.7 Å². The quantitative estimate of drug-likeness (QED) is 0.813. The fraction of sp³-hybridized carbons (Fsp3) is 0.471. The van der Waals surface area contributed by atoms with Crippen molar-refractivity contribution in [1.29, 1.82) is 0 Å². The molecule has 1 aliphatic heterocycles. The molecule has 0 spiro atoms. The van der Waals surface area contributed by atoms with Crippen LogP contribution < -0.4 is 5.56 Å². The maximum absolute atomic E-state index is 13.2. The molecular formula is C17H20N2O4S2. The first-order valence-electron chi connectivity index (χ1n) is 7.86. The Labute approximate surface area is 153 Å². The second kappa shape index (κ2) is 6.59. The molecule has 0 atom stereocenters. The molecule has 0 saturated carbocycles. The summed E-state index contributed by atoms with van der Waals surface area (Å²) in [6, 6.07) is 0. The summed E-state index contributed by atoms with van der Waals surface area (Å²) in [5.74, 6) is 0.602. The predicted octanol–water partition coefficient (Wildman–Crippen LogP) is 3.80. The largest absolute Gasteiger partial charge is 0.473 e. The SMILES string of the molecule is C=C(C)Cn1c(CSC(=O)O)nc2sc3c(c2c1=O)CC(C)(C)OC3. The zero-order chi connectivity index (χ0) is 18.4. The maximum atomic E-state index is 13.2. The zero-order valence-electron chi connectivity index (χ0n) is 14.4. The normalized spacial score (nSPS) is 16.0. The van der Waals surface area contributed by atoms with E-state index in [1.807, 2.05) is 20.8 Å². The van der Waals surface area contributed by atoms with Crippen LogP contribution in [0.25, 0.3) is 10.2 Å². The number of ether oxygens (including phenoxy) is 1. The Balaban J connectivity index is 2.19. The third-order valence-corrected chi connectivity index (χ3v) is 5.77. The second-order valence-corrected chi connectivity index (χ2v) is 8.85. The monoisotopic (exact) mass is 380 g/mol. The van der Waals surface area contributed by atoms with E-state index >= 15 is 0 Å². The van der Waals surface area contributed by atoms with E-state index in [9.17, 15) is 9.59 Å². The summed E-state index contributed by atoms with van der Waals surface area (Å²) in [6.07, 6.45) is 0.662. The minimum atomic E-state index is -0.989. The first kappa shape index (κ1) is 18.2. The maximum Gasteiger partial charge on any atom is 0.365 e. The Kier molecular flexibility index (Phi) is 4.78. The molecule has 0 unspecified atom stereocenters. The van der Waals surface area contributed by atoms with Gasteiger partial charge in [0.2, 0.25) is 0 Å². The second-order valence-electron chi connectivity index (χ2n) is 6.84. The van der Waals surface area contributed by atoms with Crippen LogP contribution in [0.1, 0.15) is 37.0 Å². The van der Waals surface area contributed by atoms with Crippen molar-refractivity contribution >= 4 is 38.6 Å². The number of carboxylic acid groups (broad SMARTS) is 1. The number of hydrogen-bond acceptors (Lipinski definition) is 6. The fourth-order valence-electron chi connectivity index (χ4n) is 2.94. The van der Waals surface area contributed by atoms with E-state index < -0.39 is 5.30 Å². The number of thiophene rings is 1. The van der Waals surface area contributed by atoms with Crippen molar-refractivity contribution in [2.75, 3.05) is 0 Å². The summed E-state index contributed by atoms with van der Waals surface area (Å²) in [4.78, 5) is 30.4. The molecule has 0 bridgehead atoms. The van der Waals surface area contributed by atoms with E-state index in [2.05, 4.69) is 11.6 Å². The minimum absolute atomic E-state index is 0.121. The molecule has 1 N–H and O–H groups in total. The molecule has 2 aromatic rings. The Hall–Kier alpha value is -1.64. The molecule has 8 heteroatoms. The summed E-state index contributed by atoms with van der Waals surface area (Å²) in [5.41, 5.74) is 1.40. The van der Waals surface area contributed by atoms with Crippen LogP contribution >= 0.6 is 23.1 Å². The number of carbonyl (C=O) groups is 1. The first-order chi connectivity index (χ1) is 11.7. The highest BCUT2D eigenvalue weighted by atomic mass is 32.2. The van der Waals surface area contributed by atoms with Crippen LogP contribution in [-0.2, 0) is 30.1 Å². The zero-order valence-corrected chi connectivity index (χ0v) is 16.1. The number of aromatic nitrogens is 2. The molecule has 0 radical (unpaired) electrons. The van der Waals surface area contributed by atoms with Crippen LogP contribution in [0.3, 0.4) is 0 Å². The summed E-state index contributed by atoms with van der Waals surface area (Å²) < 4.78 is 7.39. The van der Waals surface area contributed by atoms with Gasteiger partial charge in [-0.1, -0.05) is 12.2 Å². The number of fused-ring (bicyclic) bond motifs is 3. The summed E-state index contributed by atoms with van der Waals surface area (Å²) in [7, 11) is 0. The van der Waals surface area contributed by atoms with Crippen LogP contribution in [0, 0.1) is 0 Å². The molecule has 134 valence electrons. The lowest BCUT2D eigenvalue weighted by molar-refractivity contribution is -0.0379. The van der Waals surface area contributed by atoms with Crippen LogP contribution in [0.2, 0.25) is 0 Å². The van der Waals surface area contributed by atoms with E-state index in [4.69, 9.17) is 9.84 Å². The summed E-state index contributed by atoms with van der Waals surface area (Å²) in [5, 5.41) is 8.59. The Morgan fingerprint density at radius 1 is 1.52 bits per heavy atom. The van der Waals surface area contributed by atoms with Gasteiger partial charge in [-0.05, 0) is 38.1 Å². The van der Waals surface area contributed by atoms with Gasteiger partial charge < -0.3 is 9.84 Å². The molecule has 0 aromatic carbocycles. The fourth-order valence-corrected chi connectivity index (χ4v) is 4.52. The highest BCUT2D eigenvalue weighted by Gasteiger charge is 2.31. The number of hydrogen-bond donors (Lipinski definition) is 1. The molecule has 0 fully saturated rings. The van der Waals surface area contributed by atoms with Crippen LogP contribution in [0.5, 0.6) is 0 Å². The highest BCUT2D eigenvalue weighted by Crippen LogP contribution is 2.37. The minimum Gasteiger partial charge on any atom is -0.473 e. The van der Waals surface area contributed by atoms with Crippen LogP contribution in [0.4, 0.5) is 4.79 Å². The van der Waals surface area contributed by atoms with Crippen molar-refractivity contribution in [3.8, 4) is 0 Å².